The third-order valence-corrected chi connectivity index (χ3v) is 1.78. The molecule has 0 saturated heterocycles. The Morgan fingerprint density at radius 3 is 2.60 bits per heavy atom. The average molecular weight is 216 g/mol. The van der Waals surface area contributed by atoms with E-state index in [0.717, 1.165) is 6.07 Å². The number of carbonyl (C=O) groups is 1. The highest BCUT2D eigenvalue weighted by atomic mass is 19.3. The molecule has 0 atom stereocenters. The molecule has 0 amide bonds. The number of nitro groups is 1. The zero-order valence-corrected chi connectivity index (χ0v) is 7.61. The molecule has 0 unspecified atom stereocenters. The van der Waals surface area contributed by atoms with E-state index in [4.69, 9.17) is 0 Å². The van der Waals surface area contributed by atoms with Gasteiger partial charge < -0.3 is 10.1 Å². The summed E-state index contributed by atoms with van der Waals surface area (Å²) in [5.41, 5.74) is -0.997. The highest BCUT2D eigenvalue weighted by Gasteiger charge is 2.26. The number of aryl methyl sites for hydroxylation is 1. The van der Waals surface area contributed by atoms with Crippen molar-refractivity contribution < 1.29 is 18.5 Å². The molecule has 0 aliphatic carbocycles. The van der Waals surface area contributed by atoms with Gasteiger partial charge in [0.2, 0.25) is 5.69 Å². The Morgan fingerprint density at radius 2 is 2.20 bits per heavy atom. The first-order valence-electron chi connectivity index (χ1n) is 3.86. The van der Waals surface area contributed by atoms with Crippen LogP contribution in [0.15, 0.2) is 6.07 Å². The first-order chi connectivity index (χ1) is 6.97. The van der Waals surface area contributed by atoms with E-state index in [1.54, 1.807) is 0 Å². The van der Waals surface area contributed by atoms with Gasteiger partial charge in [-0.25, -0.2) is 8.78 Å². The molecule has 0 spiro atoms. The molecule has 1 heterocycles. The number of aldehydes is 1. The number of alkyl halides is 2. The lowest BCUT2D eigenvalue weighted by atomic mass is 10.1. The fourth-order valence-corrected chi connectivity index (χ4v) is 1.16. The molecule has 0 N–H and O–H groups in total. The number of rotatable bonds is 3. The van der Waals surface area contributed by atoms with Crippen LogP contribution in [0.25, 0.3) is 0 Å². The van der Waals surface area contributed by atoms with Crippen LogP contribution in [0.1, 0.15) is 28.0 Å². The Morgan fingerprint density at radius 1 is 1.60 bits per heavy atom. The molecule has 1 aromatic heterocycles. The summed E-state index contributed by atoms with van der Waals surface area (Å²) in [6.45, 7) is 1.27. The Balaban J connectivity index is 3.49. The Bertz CT molecular complexity index is 421. The van der Waals surface area contributed by atoms with E-state index >= 15 is 0 Å². The molecule has 0 aromatic carbocycles. The van der Waals surface area contributed by atoms with Crippen LogP contribution in [-0.2, 0) is 0 Å². The van der Waals surface area contributed by atoms with Crippen LogP contribution in [0.5, 0.6) is 0 Å². The molecular formula is C8H6F2N2O3. The maximum atomic E-state index is 12.5. The van der Waals surface area contributed by atoms with Crippen molar-refractivity contribution in [2.75, 3.05) is 0 Å². The Labute approximate surface area is 82.9 Å². The number of hydrogen-bond acceptors (Lipinski definition) is 4. The van der Waals surface area contributed by atoms with Crippen molar-refractivity contribution in [1.29, 1.82) is 0 Å². The van der Waals surface area contributed by atoms with Gasteiger partial charge in [0, 0.05) is 0 Å². The van der Waals surface area contributed by atoms with Crippen LogP contribution in [0.2, 0.25) is 0 Å². The number of hydrogen-bond donors (Lipinski definition) is 0. The second kappa shape index (κ2) is 4.07. The summed E-state index contributed by atoms with van der Waals surface area (Å²) in [7, 11) is 0. The van der Waals surface area contributed by atoms with E-state index in [2.05, 4.69) is 4.98 Å². The minimum absolute atomic E-state index is 0.0196. The molecule has 0 fully saturated rings. The van der Waals surface area contributed by atoms with Gasteiger partial charge in [-0.3, -0.25) is 4.79 Å². The monoisotopic (exact) mass is 216 g/mol. The van der Waals surface area contributed by atoms with Crippen LogP contribution in [0.4, 0.5) is 14.6 Å². The van der Waals surface area contributed by atoms with Crippen molar-refractivity contribution in [3.63, 3.8) is 0 Å². The molecule has 0 radical (unpaired) electrons. The summed E-state index contributed by atoms with van der Waals surface area (Å²) < 4.78 is 24.9. The van der Waals surface area contributed by atoms with E-state index in [0.29, 0.717) is 0 Å². The first-order valence-corrected chi connectivity index (χ1v) is 3.86. The van der Waals surface area contributed by atoms with Crippen molar-refractivity contribution in [2.24, 2.45) is 0 Å². The van der Waals surface area contributed by atoms with Crippen LogP contribution in [0, 0.1) is 17.0 Å². The van der Waals surface area contributed by atoms with Gasteiger partial charge in [-0.15, -0.1) is 0 Å². The highest BCUT2D eigenvalue weighted by Crippen LogP contribution is 2.30. The highest BCUT2D eigenvalue weighted by molar-refractivity contribution is 5.73. The summed E-state index contributed by atoms with van der Waals surface area (Å²) in [4.78, 5) is 23.0. The minimum Gasteiger partial charge on any atom is -0.358 e. The second-order valence-corrected chi connectivity index (χ2v) is 2.78. The van der Waals surface area contributed by atoms with Crippen molar-refractivity contribution in [3.05, 3.63) is 33.0 Å². The van der Waals surface area contributed by atoms with Gasteiger partial charge in [0.25, 0.3) is 6.43 Å². The normalized spacial score (nSPS) is 10.4. The summed E-state index contributed by atoms with van der Waals surface area (Å²) in [6.07, 6.45) is -2.71. The van der Waals surface area contributed by atoms with Crippen LogP contribution in [0.3, 0.4) is 0 Å². The molecule has 0 aliphatic heterocycles. The first kappa shape index (κ1) is 11.2. The topological polar surface area (TPSA) is 73.1 Å². The zero-order valence-electron chi connectivity index (χ0n) is 7.61. The number of carbonyl (C=O) groups excluding carboxylic acids is 1. The van der Waals surface area contributed by atoms with Gasteiger partial charge in [0.05, 0.1) is 0 Å². The fourth-order valence-electron chi connectivity index (χ4n) is 1.16. The second-order valence-electron chi connectivity index (χ2n) is 2.78. The number of aromatic nitrogens is 1. The van der Waals surface area contributed by atoms with Crippen molar-refractivity contribution in [3.8, 4) is 0 Å². The SMILES string of the molecule is Cc1cc(C=O)nc([N+](=O)[O-])c1C(F)F. The Hall–Kier alpha value is -1.92. The third-order valence-electron chi connectivity index (χ3n) is 1.78. The molecule has 1 rings (SSSR count). The van der Waals surface area contributed by atoms with E-state index in [-0.39, 0.29) is 17.5 Å². The van der Waals surface area contributed by atoms with Crippen LogP contribution in [-0.4, -0.2) is 16.2 Å². The summed E-state index contributed by atoms with van der Waals surface area (Å²) in [6, 6.07) is 1.08. The van der Waals surface area contributed by atoms with Crippen LogP contribution < -0.4 is 0 Å². The minimum atomic E-state index is -2.99. The average Bonchev–Trinajstić information content (AvgIpc) is 2.15. The third kappa shape index (κ3) is 2.12. The van der Waals surface area contributed by atoms with Crippen molar-refractivity contribution in [1.82, 2.24) is 4.98 Å². The molecule has 7 heteroatoms. The number of pyridine rings is 1. The smallest absolute Gasteiger partial charge is 0.358 e. The van der Waals surface area contributed by atoms with Gasteiger partial charge in [0.1, 0.15) is 5.56 Å². The van der Waals surface area contributed by atoms with E-state index in [9.17, 15) is 23.7 Å². The lowest BCUT2D eigenvalue weighted by Gasteiger charge is -2.04. The summed E-state index contributed by atoms with van der Waals surface area (Å²) in [5, 5.41) is 10.4. The predicted octanol–water partition coefficient (Wildman–Crippen LogP) is 2.05. The standard InChI is InChI=1S/C8H6F2N2O3/c1-4-2-5(3-13)11-8(12(14)15)6(4)7(9)10/h2-3,7H,1H3. The summed E-state index contributed by atoms with van der Waals surface area (Å²) >= 11 is 0. The Kier molecular flexibility index (Phi) is 3.03. The van der Waals surface area contributed by atoms with Gasteiger partial charge in [-0.2, -0.15) is 0 Å². The lowest BCUT2D eigenvalue weighted by molar-refractivity contribution is -0.391. The van der Waals surface area contributed by atoms with E-state index < -0.39 is 22.7 Å². The molecule has 0 saturated carbocycles. The van der Waals surface area contributed by atoms with Crippen molar-refractivity contribution >= 4 is 12.1 Å². The molecule has 80 valence electrons. The molecule has 0 aliphatic rings. The predicted molar refractivity (Wildman–Crippen MR) is 46.0 cm³/mol. The van der Waals surface area contributed by atoms with E-state index in [1.165, 1.54) is 6.92 Å². The maximum Gasteiger partial charge on any atom is 0.373 e. The molecule has 0 bridgehead atoms. The van der Waals surface area contributed by atoms with Gasteiger partial charge in [-0.1, -0.05) is 0 Å². The quantitative estimate of drug-likeness (QED) is 0.440. The zero-order chi connectivity index (χ0) is 11.6. The van der Waals surface area contributed by atoms with Crippen LogP contribution >= 0.6 is 0 Å². The molecule has 1 aromatic rings. The molecule has 5 nitrogen and oxygen atoms in total. The molecular weight excluding hydrogens is 210 g/mol. The number of nitrogens with zero attached hydrogens (tertiary/aromatic N) is 2. The van der Waals surface area contributed by atoms with Gasteiger partial charge in [0.15, 0.2) is 6.29 Å². The fraction of sp³-hybridized carbons (Fsp3) is 0.250. The van der Waals surface area contributed by atoms with Gasteiger partial charge >= 0.3 is 5.82 Å². The van der Waals surface area contributed by atoms with Crippen molar-refractivity contribution in [2.45, 2.75) is 13.3 Å². The van der Waals surface area contributed by atoms with Gasteiger partial charge in [-0.05, 0) is 28.5 Å². The van der Waals surface area contributed by atoms with E-state index in [1.807, 2.05) is 0 Å². The maximum absolute atomic E-state index is 12.5. The summed E-state index contributed by atoms with van der Waals surface area (Å²) in [5.74, 6) is -0.966. The number of halogens is 2. The largest absolute Gasteiger partial charge is 0.373 e. The molecule has 15 heavy (non-hydrogen) atoms. The lowest BCUT2D eigenvalue weighted by Crippen LogP contribution is -2.04.